The van der Waals surface area contributed by atoms with Gasteiger partial charge in [-0.3, -0.25) is 19.9 Å². The molecule has 1 aliphatic heterocycles. The van der Waals surface area contributed by atoms with E-state index in [9.17, 15) is 35.3 Å². The van der Waals surface area contributed by atoms with Crippen LogP contribution in [0.15, 0.2) is 53.7 Å². The van der Waals surface area contributed by atoms with E-state index < -0.39 is 57.3 Å². The second-order valence-electron chi connectivity index (χ2n) is 6.51. The molecule has 0 spiro atoms. The number of nitrogens with zero attached hydrogens (tertiary/aromatic N) is 2. The standard InChI is InChI=1S/C19H19N3O8S/c23-13-9-10(22(28)29)8-12(15(13)24)18(27)21-5-1-2-14-16(25)17(26)19(30-14)31-11-3-6-20-7-4-11/h1-4,6-9,14,16-17,19,23-26H,5H2,(H,21,27)/b2-1+/t14-,16-,17-,19+/m1/s1. The zero-order valence-electron chi connectivity index (χ0n) is 15.9. The van der Waals surface area contributed by atoms with Gasteiger partial charge >= 0.3 is 0 Å². The van der Waals surface area contributed by atoms with E-state index in [1.807, 2.05) is 0 Å². The van der Waals surface area contributed by atoms with Gasteiger partial charge in [-0.25, -0.2) is 0 Å². The van der Waals surface area contributed by atoms with E-state index in [1.165, 1.54) is 23.9 Å². The number of phenols is 2. The Kier molecular flexibility index (Phi) is 7.07. The van der Waals surface area contributed by atoms with Gasteiger partial charge in [0.1, 0.15) is 23.7 Å². The van der Waals surface area contributed by atoms with Crippen molar-refractivity contribution in [2.45, 2.75) is 28.6 Å². The van der Waals surface area contributed by atoms with Crippen molar-refractivity contribution >= 4 is 23.4 Å². The topological polar surface area (TPSA) is 175 Å². The summed E-state index contributed by atoms with van der Waals surface area (Å²) in [4.78, 5) is 27.0. The Hall–Kier alpha value is -3.19. The second-order valence-corrected chi connectivity index (χ2v) is 7.68. The number of rotatable bonds is 7. The first-order valence-electron chi connectivity index (χ1n) is 9.01. The smallest absolute Gasteiger partial charge is 0.274 e. The molecule has 164 valence electrons. The number of nitro groups is 1. The average Bonchev–Trinajstić information content (AvgIpc) is 3.01. The maximum absolute atomic E-state index is 12.2. The van der Waals surface area contributed by atoms with E-state index in [4.69, 9.17) is 4.74 Å². The summed E-state index contributed by atoms with van der Waals surface area (Å²) in [6.45, 7) is -0.0629. The van der Waals surface area contributed by atoms with E-state index in [2.05, 4.69) is 10.3 Å². The Morgan fingerprint density at radius 3 is 2.65 bits per heavy atom. The van der Waals surface area contributed by atoms with Gasteiger partial charge in [0, 0.05) is 29.9 Å². The van der Waals surface area contributed by atoms with Crippen molar-refractivity contribution in [1.82, 2.24) is 10.3 Å². The lowest BCUT2D eigenvalue weighted by Gasteiger charge is -2.13. The molecule has 1 fully saturated rings. The minimum Gasteiger partial charge on any atom is -0.504 e. The van der Waals surface area contributed by atoms with Crippen LogP contribution in [0.1, 0.15) is 10.4 Å². The Bertz CT molecular complexity index is 988. The fourth-order valence-corrected chi connectivity index (χ4v) is 3.84. The van der Waals surface area contributed by atoms with Gasteiger partial charge in [0.25, 0.3) is 11.6 Å². The minimum atomic E-state index is -1.18. The molecule has 0 saturated carbocycles. The highest BCUT2D eigenvalue weighted by molar-refractivity contribution is 7.99. The molecule has 2 aromatic rings. The first-order valence-corrected chi connectivity index (χ1v) is 9.89. The third-order valence-electron chi connectivity index (χ3n) is 4.39. The fraction of sp³-hybridized carbons (Fsp3) is 0.263. The lowest BCUT2D eigenvalue weighted by Crippen LogP contribution is -2.31. The molecular formula is C19H19N3O8S. The van der Waals surface area contributed by atoms with Gasteiger partial charge < -0.3 is 30.5 Å². The molecule has 0 bridgehead atoms. The number of aromatic nitrogens is 1. The largest absolute Gasteiger partial charge is 0.504 e. The Morgan fingerprint density at radius 1 is 1.26 bits per heavy atom. The molecule has 1 aliphatic rings. The number of nitrogens with one attached hydrogen (secondary N) is 1. The Labute approximate surface area is 180 Å². The van der Waals surface area contributed by atoms with Crippen LogP contribution in [0.5, 0.6) is 11.5 Å². The Morgan fingerprint density at radius 2 is 1.97 bits per heavy atom. The highest BCUT2D eigenvalue weighted by atomic mass is 32.2. The number of ether oxygens (including phenoxy) is 1. The summed E-state index contributed by atoms with van der Waals surface area (Å²) in [5.74, 6) is -2.41. The third kappa shape index (κ3) is 5.30. The lowest BCUT2D eigenvalue weighted by molar-refractivity contribution is -0.385. The van der Waals surface area contributed by atoms with Gasteiger partial charge in [0.15, 0.2) is 11.5 Å². The van der Waals surface area contributed by atoms with Gasteiger partial charge in [-0.1, -0.05) is 23.9 Å². The molecule has 4 atom stereocenters. The lowest BCUT2D eigenvalue weighted by atomic mass is 10.1. The van der Waals surface area contributed by atoms with Crippen LogP contribution in [0.3, 0.4) is 0 Å². The van der Waals surface area contributed by atoms with Crippen LogP contribution < -0.4 is 5.32 Å². The number of aliphatic hydroxyl groups excluding tert-OH is 2. The highest BCUT2D eigenvalue weighted by Gasteiger charge is 2.41. The predicted molar refractivity (Wildman–Crippen MR) is 109 cm³/mol. The van der Waals surface area contributed by atoms with E-state index in [1.54, 1.807) is 24.5 Å². The summed E-state index contributed by atoms with van der Waals surface area (Å²) >= 11 is 1.23. The molecule has 1 aromatic carbocycles. The summed E-state index contributed by atoms with van der Waals surface area (Å²) in [6, 6.07) is 5.06. The average molecular weight is 449 g/mol. The molecule has 1 aromatic heterocycles. The fourth-order valence-electron chi connectivity index (χ4n) is 2.81. The number of amides is 1. The third-order valence-corrected chi connectivity index (χ3v) is 5.56. The maximum atomic E-state index is 12.2. The molecule has 31 heavy (non-hydrogen) atoms. The number of hydrogen-bond acceptors (Lipinski definition) is 10. The van der Waals surface area contributed by atoms with Gasteiger partial charge in [0.05, 0.1) is 16.6 Å². The van der Waals surface area contributed by atoms with Crippen LogP contribution in [-0.4, -0.2) is 66.5 Å². The van der Waals surface area contributed by atoms with Gasteiger partial charge in [0.2, 0.25) is 0 Å². The number of pyridine rings is 1. The van der Waals surface area contributed by atoms with E-state index in [0.717, 1.165) is 17.0 Å². The summed E-state index contributed by atoms with van der Waals surface area (Å²) in [5, 5.41) is 53.0. The number of carbonyl (C=O) groups is 1. The van der Waals surface area contributed by atoms with Crippen LogP contribution in [0.4, 0.5) is 5.69 Å². The first-order chi connectivity index (χ1) is 14.8. The number of carbonyl (C=O) groups excluding carboxylic acids is 1. The highest BCUT2D eigenvalue weighted by Crippen LogP contribution is 2.35. The number of thioether (sulfide) groups is 1. The van der Waals surface area contributed by atoms with Crippen molar-refractivity contribution in [3.05, 3.63) is 64.5 Å². The molecule has 0 radical (unpaired) electrons. The normalized spacial score (nSPS) is 23.2. The van der Waals surface area contributed by atoms with Crippen molar-refractivity contribution in [3.8, 4) is 11.5 Å². The number of benzene rings is 1. The number of hydrogen-bond donors (Lipinski definition) is 5. The molecular weight excluding hydrogens is 430 g/mol. The van der Waals surface area contributed by atoms with Crippen molar-refractivity contribution < 1.29 is 34.9 Å². The molecule has 1 amide bonds. The second kappa shape index (κ2) is 9.75. The molecule has 0 unspecified atom stereocenters. The zero-order valence-corrected chi connectivity index (χ0v) is 16.7. The number of phenolic OH excluding ortho intramolecular Hbond substituents is 2. The van der Waals surface area contributed by atoms with Crippen molar-refractivity contribution in [1.29, 1.82) is 0 Å². The van der Waals surface area contributed by atoms with Crippen molar-refractivity contribution in [2.24, 2.45) is 0 Å². The molecule has 11 nitrogen and oxygen atoms in total. The maximum Gasteiger partial charge on any atom is 0.274 e. The van der Waals surface area contributed by atoms with Gasteiger partial charge in [-0.2, -0.15) is 0 Å². The van der Waals surface area contributed by atoms with Crippen LogP contribution in [0.25, 0.3) is 0 Å². The van der Waals surface area contributed by atoms with Crippen LogP contribution in [0, 0.1) is 10.1 Å². The molecule has 0 aliphatic carbocycles. The molecule has 1 saturated heterocycles. The summed E-state index contributed by atoms with van der Waals surface area (Å²) in [6.07, 6.45) is 2.99. The van der Waals surface area contributed by atoms with Crippen LogP contribution in [0.2, 0.25) is 0 Å². The Balaban J connectivity index is 1.57. The first kappa shape index (κ1) is 22.5. The number of nitro benzene ring substituents is 1. The van der Waals surface area contributed by atoms with E-state index in [0.29, 0.717) is 0 Å². The van der Waals surface area contributed by atoms with Crippen LogP contribution >= 0.6 is 11.8 Å². The number of aromatic hydroxyl groups is 2. The van der Waals surface area contributed by atoms with E-state index in [-0.39, 0.29) is 6.54 Å². The summed E-state index contributed by atoms with van der Waals surface area (Å²) < 4.78 is 5.65. The summed E-state index contributed by atoms with van der Waals surface area (Å²) in [5.41, 5.74) is -1.71. The quantitative estimate of drug-likeness (QED) is 0.177. The molecule has 12 heteroatoms. The zero-order chi connectivity index (χ0) is 22.5. The molecule has 3 rings (SSSR count). The summed E-state index contributed by atoms with van der Waals surface area (Å²) in [7, 11) is 0. The van der Waals surface area contributed by atoms with Crippen molar-refractivity contribution in [2.75, 3.05) is 6.54 Å². The van der Waals surface area contributed by atoms with Crippen LogP contribution in [-0.2, 0) is 4.74 Å². The SMILES string of the molecule is O=C(NC/C=C/[C@H]1O[C@@H](Sc2ccncc2)[C@H](O)[C@@H]1O)c1cc([N+](=O)[O-])cc(O)c1O. The van der Waals surface area contributed by atoms with E-state index >= 15 is 0 Å². The monoisotopic (exact) mass is 449 g/mol. The minimum absolute atomic E-state index is 0.0629. The molecule has 2 heterocycles. The predicted octanol–water partition coefficient (Wildman–Crippen LogP) is 0.926. The number of non-ortho nitro benzene ring substituents is 1. The molecule has 5 N–H and O–H groups in total. The number of aliphatic hydroxyl groups is 2. The van der Waals surface area contributed by atoms with Crippen molar-refractivity contribution in [3.63, 3.8) is 0 Å². The van der Waals surface area contributed by atoms with Gasteiger partial charge in [-0.05, 0) is 12.1 Å². The van der Waals surface area contributed by atoms with Gasteiger partial charge in [-0.15, -0.1) is 0 Å².